The zero-order valence-corrected chi connectivity index (χ0v) is 23.3. The number of aliphatic hydroxyl groups excluding tert-OH is 1. The zero-order chi connectivity index (χ0) is 28.9. The molecule has 212 valence electrons. The lowest BCUT2D eigenvalue weighted by Crippen LogP contribution is -2.52. The quantitative estimate of drug-likeness (QED) is 0.304. The summed E-state index contributed by atoms with van der Waals surface area (Å²) in [4.78, 5) is 39.9. The Kier molecular flexibility index (Phi) is 11.7. The van der Waals surface area contributed by atoms with E-state index in [2.05, 4.69) is 5.32 Å². The van der Waals surface area contributed by atoms with Gasteiger partial charge >= 0.3 is 18.0 Å². The van der Waals surface area contributed by atoms with E-state index in [1.807, 2.05) is 98.8 Å². The molecule has 40 heavy (non-hydrogen) atoms. The number of amides is 2. The van der Waals surface area contributed by atoms with Gasteiger partial charge in [-0.15, -0.1) is 0 Å². The summed E-state index contributed by atoms with van der Waals surface area (Å²) in [5.41, 5.74) is 3.77. The Morgan fingerprint density at radius 1 is 0.775 bits per heavy atom. The SMILES string of the molecule is CCOC(=O)C(O)CN(CC(C)C)C(=O)N[C@@H](Cc1ccc(-c2ccccc2)cc1)C(=O)OCc1ccccc1. The van der Waals surface area contributed by atoms with Gasteiger partial charge in [0.25, 0.3) is 0 Å². The first-order valence-electron chi connectivity index (χ1n) is 13.5. The van der Waals surface area contributed by atoms with Crippen molar-refractivity contribution in [2.45, 2.75) is 45.9 Å². The summed E-state index contributed by atoms with van der Waals surface area (Å²) < 4.78 is 10.5. The zero-order valence-electron chi connectivity index (χ0n) is 23.3. The third-order valence-corrected chi connectivity index (χ3v) is 6.13. The van der Waals surface area contributed by atoms with Crippen LogP contribution in [0.5, 0.6) is 0 Å². The fraction of sp³-hybridized carbons (Fsp3) is 0.344. The Bertz CT molecular complexity index is 1220. The Balaban J connectivity index is 1.77. The Labute approximate surface area is 235 Å². The van der Waals surface area contributed by atoms with Gasteiger partial charge in [0, 0.05) is 13.0 Å². The van der Waals surface area contributed by atoms with Crippen LogP contribution in [0.1, 0.15) is 31.9 Å². The van der Waals surface area contributed by atoms with E-state index < -0.39 is 30.1 Å². The van der Waals surface area contributed by atoms with E-state index in [0.717, 1.165) is 22.3 Å². The Morgan fingerprint density at radius 2 is 1.38 bits per heavy atom. The van der Waals surface area contributed by atoms with Crippen LogP contribution in [0.3, 0.4) is 0 Å². The lowest BCUT2D eigenvalue weighted by atomic mass is 10.0. The highest BCUT2D eigenvalue weighted by atomic mass is 16.5. The van der Waals surface area contributed by atoms with Crippen LogP contribution in [0.15, 0.2) is 84.9 Å². The van der Waals surface area contributed by atoms with Crippen molar-refractivity contribution in [2.75, 3.05) is 19.7 Å². The highest BCUT2D eigenvalue weighted by Crippen LogP contribution is 2.20. The minimum atomic E-state index is -1.50. The number of esters is 2. The van der Waals surface area contributed by atoms with E-state index in [9.17, 15) is 19.5 Å². The van der Waals surface area contributed by atoms with E-state index in [4.69, 9.17) is 9.47 Å². The van der Waals surface area contributed by atoms with Crippen molar-refractivity contribution >= 4 is 18.0 Å². The van der Waals surface area contributed by atoms with Gasteiger partial charge in [0.05, 0.1) is 13.2 Å². The molecule has 0 saturated carbocycles. The van der Waals surface area contributed by atoms with Gasteiger partial charge in [0.15, 0.2) is 6.10 Å². The van der Waals surface area contributed by atoms with Crippen LogP contribution in [-0.4, -0.2) is 59.8 Å². The average Bonchev–Trinajstić information content (AvgIpc) is 2.96. The summed E-state index contributed by atoms with van der Waals surface area (Å²) in [6.45, 7) is 5.65. The molecule has 8 nitrogen and oxygen atoms in total. The van der Waals surface area contributed by atoms with Gasteiger partial charge in [0.2, 0.25) is 0 Å². The molecule has 3 aromatic carbocycles. The first-order valence-corrected chi connectivity index (χ1v) is 13.5. The summed E-state index contributed by atoms with van der Waals surface area (Å²) in [6.07, 6.45) is -1.30. The number of hydrogen-bond acceptors (Lipinski definition) is 6. The van der Waals surface area contributed by atoms with Crippen molar-refractivity contribution in [1.29, 1.82) is 0 Å². The third-order valence-electron chi connectivity index (χ3n) is 6.13. The van der Waals surface area contributed by atoms with E-state index in [-0.39, 0.29) is 38.6 Å². The fourth-order valence-corrected chi connectivity index (χ4v) is 4.17. The maximum Gasteiger partial charge on any atom is 0.336 e. The number of aliphatic hydroxyl groups is 1. The Morgan fingerprint density at radius 3 is 1.98 bits per heavy atom. The third kappa shape index (κ3) is 9.54. The van der Waals surface area contributed by atoms with E-state index in [1.54, 1.807) is 6.92 Å². The highest BCUT2D eigenvalue weighted by Gasteiger charge is 2.29. The molecule has 8 heteroatoms. The predicted octanol–water partition coefficient (Wildman–Crippen LogP) is 4.60. The molecule has 0 heterocycles. The number of urea groups is 1. The van der Waals surface area contributed by atoms with Gasteiger partial charge < -0.3 is 24.8 Å². The molecule has 0 aromatic heterocycles. The standard InChI is InChI=1S/C32H38N2O6/c1-4-39-31(37)29(35)21-34(20-23(2)3)32(38)33-28(30(36)40-22-25-11-7-5-8-12-25)19-24-15-17-27(18-16-24)26-13-9-6-10-14-26/h5-18,23,28-29,35H,4,19-22H2,1-3H3,(H,33,38)/t28-,29?/m0/s1. The fourth-order valence-electron chi connectivity index (χ4n) is 4.17. The number of carbonyl (C=O) groups is 3. The number of benzene rings is 3. The lowest BCUT2D eigenvalue weighted by molar-refractivity contribution is -0.153. The van der Waals surface area contributed by atoms with Crippen LogP contribution in [-0.2, 0) is 32.1 Å². The number of ether oxygens (including phenoxy) is 2. The molecule has 2 amide bonds. The second-order valence-electron chi connectivity index (χ2n) is 9.93. The molecule has 0 spiro atoms. The predicted molar refractivity (Wildman–Crippen MR) is 153 cm³/mol. The number of hydrogen-bond donors (Lipinski definition) is 2. The van der Waals surface area contributed by atoms with Crippen LogP contribution in [0.4, 0.5) is 4.79 Å². The highest BCUT2D eigenvalue weighted by molar-refractivity contribution is 5.84. The average molecular weight is 547 g/mol. The van der Waals surface area contributed by atoms with Crippen LogP contribution in [0.25, 0.3) is 11.1 Å². The maximum absolute atomic E-state index is 13.4. The normalized spacial score (nSPS) is 12.3. The molecule has 0 aliphatic rings. The van der Waals surface area contributed by atoms with Gasteiger partial charge in [0.1, 0.15) is 12.6 Å². The monoisotopic (exact) mass is 546 g/mol. The summed E-state index contributed by atoms with van der Waals surface area (Å²) in [6, 6.07) is 25.4. The van der Waals surface area contributed by atoms with E-state index in [0.29, 0.717) is 0 Å². The van der Waals surface area contributed by atoms with E-state index >= 15 is 0 Å². The topological polar surface area (TPSA) is 105 Å². The largest absolute Gasteiger partial charge is 0.464 e. The number of rotatable bonds is 13. The van der Waals surface area contributed by atoms with Gasteiger partial charge in [-0.3, -0.25) is 0 Å². The molecule has 1 unspecified atom stereocenters. The van der Waals surface area contributed by atoms with Crippen molar-refractivity contribution in [3.63, 3.8) is 0 Å². The number of carbonyl (C=O) groups excluding carboxylic acids is 3. The molecule has 0 aliphatic heterocycles. The smallest absolute Gasteiger partial charge is 0.336 e. The number of nitrogens with zero attached hydrogens (tertiary/aromatic N) is 1. The Hall–Kier alpha value is -4.17. The summed E-state index contributed by atoms with van der Waals surface area (Å²) in [5.74, 6) is -1.34. The maximum atomic E-state index is 13.4. The van der Waals surface area contributed by atoms with Gasteiger partial charge in [-0.2, -0.15) is 0 Å². The first kappa shape index (κ1) is 30.4. The summed E-state index contributed by atoms with van der Waals surface area (Å²) in [5, 5.41) is 13.1. The minimum absolute atomic E-state index is 0.0501. The molecular formula is C32H38N2O6. The molecule has 0 aliphatic carbocycles. The molecule has 0 fully saturated rings. The van der Waals surface area contributed by atoms with Crippen molar-refractivity contribution < 1.29 is 29.0 Å². The summed E-state index contributed by atoms with van der Waals surface area (Å²) in [7, 11) is 0. The second kappa shape index (κ2) is 15.4. The van der Waals surface area contributed by atoms with E-state index in [1.165, 1.54) is 4.90 Å². The van der Waals surface area contributed by atoms with Gasteiger partial charge in [-0.05, 0) is 35.1 Å². The molecule has 0 saturated heterocycles. The molecule has 0 radical (unpaired) electrons. The molecule has 2 N–H and O–H groups in total. The molecular weight excluding hydrogens is 508 g/mol. The minimum Gasteiger partial charge on any atom is -0.464 e. The van der Waals surface area contributed by atoms with Crippen molar-refractivity contribution in [2.24, 2.45) is 5.92 Å². The van der Waals surface area contributed by atoms with Crippen LogP contribution in [0.2, 0.25) is 0 Å². The van der Waals surface area contributed by atoms with Crippen LogP contribution < -0.4 is 5.32 Å². The van der Waals surface area contributed by atoms with Crippen LogP contribution >= 0.6 is 0 Å². The van der Waals surface area contributed by atoms with Crippen molar-refractivity contribution in [3.05, 3.63) is 96.1 Å². The molecule has 2 atom stereocenters. The first-order chi connectivity index (χ1) is 19.3. The van der Waals surface area contributed by atoms with Gasteiger partial charge in [-0.25, -0.2) is 14.4 Å². The number of nitrogens with one attached hydrogen (secondary N) is 1. The van der Waals surface area contributed by atoms with Crippen molar-refractivity contribution in [3.8, 4) is 11.1 Å². The molecule has 0 bridgehead atoms. The summed E-state index contributed by atoms with van der Waals surface area (Å²) >= 11 is 0. The molecule has 3 rings (SSSR count). The van der Waals surface area contributed by atoms with Crippen molar-refractivity contribution in [1.82, 2.24) is 10.2 Å². The molecule has 3 aromatic rings. The lowest BCUT2D eigenvalue weighted by Gasteiger charge is -2.28. The second-order valence-corrected chi connectivity index (χ2v) is 9.93. The van der Waals surface area contributed by atoms with Gasteiger partial charge in [-0.1, -0.05) is 98.8 Å². The van der Waals surface area contributed by atoms with Crippen LogP contribution in [0, 0.1) is 5.92 Å².